The lowest BCUT2D eigenvalue weighted by Crippen LogP contribution is -2.38. The van der Waals surface area contributed by atoms with Crippen LogP contribution in [0, 0.1) is 11.3 Å². The third kappa shape index (κ3) is 5.47. The van der Waals surface area contributed by atoms with Crippen LogP contribution in [0.1, 0.15) is 11.1 Å². The second-order valence-corrected chi connectivity index (χ2v) is 8.45. The number of rotatable bonds is 5. The molecule has 2 fully saturated rings. The monoisotopic (exact) mass is 511 g/mol. The van der Waals surface area contributed by atoms with Crippen molar-refractivity contribution in [1.29, 1.82) is 5.26 Å². The molecule has 37 heavy (non-hydrogen) atoms. The molecule has 0 saturated carbocycles. The van der Waals surface area contributed by atoms with Gasteiger partial charge in [-0.2, -0.15) is 18.4 Å². The normalized spacial score (nSPS) is 22.6. The van der Waals surface area contributed by atoms with E-state index < -0.39 is 36.1 Å². The molecule has 0 bridgehead atoms. The summed E-state index contributed by atoms with van der Waals surface area (Å²) in [4.78, 5) is 21.1. The molecule has 2 aliphatic heterocycles. The lowest BCUT2D eigenvalue weighted by molar-refractivity contribution is -0.137. The van der Waals surface area contributed by atoms with Crippen molar-refractivity contribution in [2.45, 2.75) is 30.5 Å². The van der Waals surface area contributed by atoms with E-state index in [0.717, 1.165) is 17.7 Å². The Bertz CT molecular complexity index is 1350. The van der Waals surface area contributed by atoms with Crippen molar-refractivity contribution < 1.29 is 32.2 Å². The van der Waals surface area contributed by atoms with Gasteiger partial charge in [-0.25, -0.2) is 14.8 Å². The molecule has 5 rings (SSSR count). The molecule has 2 aliphatic rings. The highest BCUT2D eigenvalue weighted by Crippen LogP contribution is 2.32. The van der Waals surface area contributed by atoms with E-state index in [2.05, 4.69) is 26.7 Å². The van der Waals surface area contributed by atoms with E-state index >= 15 is 0 Å². The standard InChI is InChI=1S/C25H20F3N5O4/c26-25(27,28)16-5-2-6-17(10-16)31-24(34)37-20-13-36-21-19(12-35-22(20)21)33-23-30-8-7-18(32-23)15-4-1-3-14(9-15)11-29/h1-10,19-22H,12-13H2,(H,31,34)(H,30,32,33)/t19-,20+,21+,22+/m0/s1. The molecule has 0 aliphatic carbocycles. The van der Waals surface area contributed by atoms with Gasteiger partial charge in [0.2, 0.25) is 5.95 Å². The zero-order valence-corrected chi connectivity index (χ0v) is 19.1. The summed E-state index contributed by atoms with van der Waals surface area (Å²) in [6.07, 6.45) is -5.62. The molecule has 12 heteroatoms. The largest absolute Gasteiger partial charge is 0.441 e. The summed E-state index contributed by atoms with van der Waals surface area (Å²) in [6, 6.07) is 14.8. The Labute approximate surface area is 209 Å². The molecule has 9 nitrogen and oxygen atoms in total. The Morgan fingerprint density at radius 1 is 1.08 bits per heavy atom. The Hall–Kier alpha value is -4.21. The number of amides is 1. The third-order valence-corrected chi connectivity index (χ3v) is 5.96. The number of nitrogens with zero attached hydrogens (tertiary/aromatic N) is 3. The second kappa shape index (κ2) is 10.0. The predicted octanol–water partition coefficient (Wildman–Crippen LogP) is 4.23. The van der Waals surface area contributed by atoms with Crippen LogP contribution >= 0.6 is 0 Å². The molecule has 1 amide bonds. The molecular formula is C25H20F3N5O4. The van der Waals surface area contributed by atoms with Gasteiger partial charge in [0.05, 0.1) is 42.1 Å². The third-order valence-electron chi connectivity index (χ3n) is 5.96. The number of nitriles is 1. The van der Waals surface area contributed by atoms with Crippen LogP contribution in [-0.2, 0) is 20.4 Å². The molecule has 0 unspecified atom stereocenters. The average Bonchev–Trinajstić information content (AvgIpc) is 3.47. The van der Waals surface area contributed by atoms with E-state index in [0.29, 0.717) is 17.2 Å². The van der Waals surface area contributed by atoms with Crippen LogP contribution in [0.2, 0.25) is 0 Å². The highest BCUT2D eigenvalue weighted by Gasteiger charge is 2.49. The van der Waals surface area contributed by atoms with Gasteiger partial charge in [0.15, 0.2) is 6.10 Å². The maximum absolute atomic E-state index is 12.9. The molecule has 4 atom stereocenters. The topological polar surface area (TPSA) is 118 Å². The van der Waals surface area contributed by atoms with Crippen LogP contribution in [0.4, 0.5) is 29.6 Å². The van der Waals surface area contributed by atoms with Gasteiger partial charge in [-0.15, -0.1) is 0 Å². The second-order valence-electron chi connectivity index (χ2n) is 8.45. The maximum Gasteiger partial charge on any atom is 0.416 e. The number of anilines is 2. The number of benzene rings is 2. The van der Waals surface area contributed by atoms with Crippen molar-refractivity contribution in [3.8, 4) is 17.3 Å². The van der Waals surface area contributed by atoms with Gasteiger partial charge < -0.3 is 19.5 Å². The molecule has 2 N–H and O–H groups in total. The van der Waals surface area contributed by atoms with Crippen LogP contribution in [0.15, 0.2) is 60.8 Å². The molecule has 1 aromatic heterocycles. The maximum atomic E-state index is 12.9. The van der Waals surface area contributed by atoms with Crippen LogP contribution in [-0.4, -0.2) is 53.6 Å². The highest BCUT2D eigenvalue weighted by molar-refractivity contribution is 5.84. The lowest BCUT2D eigenvalue weighted by atomic mass is 10.1. The van der Waals surface area contributed by atoms with Gasteiger partial charge in [0.1, 0.15) is 12.2 Å². The first-order chi connectivity index (χ1) is 17.8. The minimum absolute atomic E-state index is 0.0421. The smallest absolute Gasteiger partial charge is 0.416 e. The summed E-state index contributed by atoms with van der Waals surface area (Å²) < 4.78 is 55.7. The average molecular weight is 511 g/mol. The summed E-state index contributed by atoms with van der Waals surface area (Å²) in [7, 11) is 0. The van der Waals surface area contributed by atoms with Gasteiger partial charge in [0.25, 0.3) is 0 Å². The van der Waals surface area contributed by atoms with E-state index in [1.807, 2.05) is 6.07 Å². The zero-order chi connectivity index (χ0) is 26.0. The number of carbonyl (C=O) groups excluding carboxylic acids is 1. The number of hydrogen-bond acceptors (Lipinski definition) is 8. The molecular weight excluding hydrogens is 491 g/mol. The quantitative estimate of drug-likeness (QED) is 0.523. The van der Waals surface area contributed by atoms with Gasteiger partial charge in [-0.1, -0.05) is 18.2 Å². The van der Waals surface area contributed by atoms with Gasteiger partial charge >= 0.3 is 12.3 Å². The number of alkyl halides is 3. The van der Waals surface area contributed by atoms with Crippen molar-refractivity contribution >= 4 is 17.7 Å². The fraction of sp³-hybridized carbons (Fsp3) is 0.280. The number of aromatic nitrogens is 2. The van der Waals surface area contributed by atoms with Crippen molar-refractivity contribution in [3.63, 3.8) is 0 Å². The number of hydrogen-bond donors (Lipinski definition) is 2. The summed E-state index contributed by atoms with van der Waals surface area (Å²) in [5.41, 5.74) is 0.985. The Kier molecular flexibility index (Phi) is 6.64. The number of ether oxygens (including phenoxy) is 3. The summed E-state index contributed by atoms with van der Waals surface area (Å²) >= 11 is 0. The number of carbonyl (C=O) groups is 1. The molecule has 0 radical (unpaired) electrons. The first-order valence-electron chi connectivity index (χ1n) is 11.3. The van der Waals surface area contributed by atoms with E-state index in [4.69, 9.17) is 19.5 Å². The molecule has 3 heterocycles. The van der Waals surface area contributed by atoms with Crippen LogP contribution < -0.4 is 10.6 Å². The Morgan fingerprint density at radius 3 is 2.70 bits per heavy atom. The van der Waals surface area contributed by atoms with E-state index in [-0.39, 0.29) is 24.9 Å². The number of nitrogens with one attached hydrogen (secondary N) is 2. The fourth-order valence-electron chi connectivity index (χ4n) is 4.25. The van der Waals surface area contributed by atoms with E-state index in [1.54, 1.807) is 30.5 Å². The highest BCUT2D eigenvalue weighted by atomic mass is 19.4. The van der Waals surface area contributed by atoms with E-state index in [1.165, 1.54) is 12.1 Å². The summed E-state index contributed by atoms with van der Waals surface area (Å²) in [5.74, 6) is 0.337. The van der Waals surface area contributed by atoms with Crippen LogP contribution in [0.3, 0.4) is 0 Å². The van der Waals surface area contributed by atoms with Crippen molar-refractivity contribution in [1.82, 2.24) is 9.97 Å². The molecule has 2 saturated heterocycles. The van der Waals surface area contributed by atoms with Crippen molar-refractivity contribution in [2.24, 2.45) is 0 Å². The molecule has 2 aromatic carbocycles. The van der Waals surface area contributed by atoms with Crippen LogP contribution in [0.5, 0.6) is 0 Å². The van der Waals surface area contributed by atoms with Gasteiger partial charge in [-0.3, -0.25) is 5.32 Å². The van der Waals surface area contributed by atoms with Crippen LogP contribution in [0.25, 0.3) is 11.3 Å². The lowest BCUT2D eigenvalue weighted by Gasteiger charge is -2.18. The van der Waals surface area contributed by atoms with Crippen molar-refractivity contribution in [3.05, 3.63) is 71.9 Å². The SMILES string of the molecule is N#Cc1cccc(-c2ccnc(N[C@H]3CO[C@H]4[C@@H]3OC[C@H]4OC(=O)Nc3cccc(C(F)(F)F)c3)n2)c1. The first kappa shape index (κ1) is 24.5. The van der Waals surface area contributed by atoms with Crippen molar-refractivity contribution in [2.75, 3.05) is 23.8 Å². The van der Waals surface area contributed by atoms with Gasteiger partial charge in [0, 0.05) is 17.4 Å². The first-order valence-corrected chi connectivity index (χ1v) is 11.3. The summed E-state index contributed by atoms with van der Waals surface area (Å²) in [6.45, 7) is 0.299. The Balaban J connectivity index is 1.20. The summed E-state index contributed by atoms with van der Waals surface area (Å²) in [5, 5.41) is 14.6. The number of fused-ring (bicyclic) bond motifs is 1. The van der Waals surface area contributed by atoms with E-state index in [9.17, 15) is 18.0 Å². The zero-order valence-electron chi connectivity index (χ0n) is 19.1. The predicted molar refractivity (Wildman–Crippen MR) is 124 cm³/mol. The fourth-order valence-corrected chi connectivity index (χ4v) is 4.25. The minimum atomic E-state index is -4.53. The molecule has 190 valence electrons. The van der Waals surface area contributed by atoms with Gasteiger partial charge in [-0.05, 0) is 36.4 Å². The Morgan fingerprint density at radius 2 is 1.89 bits per heavy atom. The molecule has 3 aromatic rings. The minimum Gasteiger partial charge on any atom is -0.441 e. The molecule has 0 spiro atoms. The number of halogens is 3.